The van der Waals surface area contributed by atoms with E-state index in [4.69, 9.17) is 5.11 Å². The summed E-state index contributed by atoms with van der Waals surface area (Å²) in [6, 6.07) is 14.5. The van der Waals surface area contributed by atoms with Gasteiger partial charge in [0, 0.05) is 18.1 Å². The topological polar surface area (TPSA) is 71.3 Å². The summed E-state index contributed by atoms with van der Waals surface area (Å²) in [5.41, 5.74) is 3.34. The van der Waals surface area contributed by atoms with Gasteiger partial charge in [0.2, 0.25) is 0 Å². The van der Waals surface area contributed by atoms with E-state index in [0.717, 1.165) is 34.9 Å². The summed E-state index contributed by atoms with van der Waals surface area (Å²) < 4.78 is 2.08. The Bertz CT molecular complexity index is 1240. The Hall–Kier alpha value is -3.86. The number of fused-ring (bicyclic) bond motifs is 1. The second kappa shape index (κ2) is 8.71. The quantitative estimate of drug-likeness (QED) is 0.471. The molecule has 5 heteroatoms. The van der Waals surface area contributed by atoms with Gasteiger partial charge in [-0.2, -0.15) is 0 Å². The van der Waals surface area contributed by atoms with Crippen molar-refractivity contribution >= 4 is 22.8 Å². The molecule has 1 aliphatic rings. The second-order valence-corrected chi connectivity index (χ2v) is 8.08. The Kier molecular flexibility index (Phi) is 5.82. The number of carboxylic acid groups (broad SMARTS) is 1. The highest BCUT2D eigenvalue weighted by atomic mass is 16.4. The Morgan fingerprint density at radius 3 is 2.53 bits per heavy atom. The molecule has 0 spiro atoms. The summed E-state index contributed by atoms with van der Waals surface area (Å²) in [7, 11) is 0. The molecular weight excluding hydrogens is 400 g/mol. The number of hydrogen-bond acceptors (Lipinski definition) is 2. The zero-order valence-corrected chi connectivity index (χ0v) is 18.0. The molecule has 1 fully saturated rings. The van der Waals surface area contributed by atoms with Crippen LogP contribution in [0, 0.1) is 0 Å². The molecule has 0 bridgehead atoms. The van der Waals surface area contributed by atoms with Gasteiger partial charge < -0.3 is 15.0 Å². The average Bonchev–Trinajstić information content (AvgIpc) is 3.46. The van der Waals surface area contributed by atoms with Crippen LogP contribution in [0.2, 0.25) is 0 Å². The summed E-state index contributed by atoms with van der Waals surface area (Å²) in [5, 5.41) is 13.4. The number of amides is 1. The molecule has 0 aliphatic heterocycles. The molecule has 32 heavy (non-hydrogen) atoms. The van der Waals surface area contributed by atoms with Crippen molar-refractivity contribution < 1.29 is 14.7 Å². The van der Waals surface area contributed by atoms with Gasteiger partial charge in [-0.25, -0.2) is 4.79 Å². The second-order valence-electron chi connectivity index (χ2n) is 8.08. The van der Waals surface area contributed by atoms with E-state index in [1.54, 1.807) is 30.3 Å². The third-order valence-electron chi connectivity index (χ3n) is 5.89. The SMILES string of the molecule is C=C/C=C(\C=C/C)Cn1ccc2cccc(C(=O)NC3(c4ccc(C(=O)O)cc4)CC3)c21. The van der Waals surface area contributed by atoms with Crippen molar-refractivity contribution in [3.05, 3.63) is 108 Å². The largest absolute Gasteiger partial charge is 0.478 e. The highest BCUT2D eigenvalue weighted by Crippen LogP contribution is 2.45. The molecule has 0 atom stereocenters. The molecule has 2 aromatic carbocycles. The van der Waals surface area contributed by atoms with E-state index in [1.807, 2.05) is 55.6 Å². The van der Waals surface area contributed by atoms with E-state index in [9.17, 15) is 9.59 Å². The van der Waals surface area contributed by atoms with Crippen LogP contribution < -0.4 is 5.32 Å². The van der Waals surface area contributed by atoms with E-state index in [2.05, 4.69) is 16.5 Å². The van der Waals surface area contributed by atoms with Crippen LogP contribution in [0.4, 0.5) is 0 Å². The first kappa shape index (κ1) is 21.4. The molecule has 1 aromatic heterocycles. The van der Waals surface area contributed by atoms with E-state index >= 15 is 0 Å². The average molecular weight is 427 g/mol. The van der Waals surface area contributed by atoms with Crippen molar-refractivity contribution in [2.75, 3.05) is 0 Å². The van der Waals surface area contributed by atoms with Crippen LogP contribution in [-0.2, 0) is 12.1 Å². The predicted molar refractivity (Wildman–Crippen MR) is 127 cm³/mol. The molecule has 162 valence electrons. The number of nitrogens with zero attached hydrogens (tertiary/aromatic N) is 1. The number of para-hydroxylation sites is 1. The molecule has 1 amide bonds. The smallest absolute Gasteiger partial charge is 0.335 e. The van der Waals surface area contributed by atoms with Gasteiger partial charge in [0.15, 0.2) is 0 Å². The molecule has 2 N–H and O–H groups in total. The first-order valence-corrected chi connectivity index (χ1v) is 10.7. The number of carbonyl (C=O) groups excluding carboxylic acids is 1. The zero-order valence-electron chi connectivity index (χ0n) is 18.0. The van der Waals surface area contributed by atoms with Crippen molar-refractivity contribution in [3.8, 4) is 0 Å². The summed E-state index contributed by atoms with van der Waals surface area (Å²) in [6.45, 7) is 6.40. The van der Waals surface area contributed by atoms with Crippen LogP contribution in [0.25, 0.3) is 10.9 Å². The Balaban J connectivity index is 1.64. The lowest BCUT2D eigenvalue weighted by molar-refractivity contribution is 0.0696. The van der Waals surface area contributed by atoms with Crippen LogP contribution in [0.15, 0.2) is 91.2 Å². The maximum atomic E-state index is 13.4. The van der Waals surface area contributed by atoms with Crippen molar-refractivity contribution in [2.24, 2.45) is 0 Å². The fourth-order valence-electron chi connectivity index (χ4n) is 4.13. The number of aromatic carboxylic acids is 1. The van der Waals surface area contributed by atoms with Crippen LogP contribution >= 0.6 is 0 Å². The molecular formula is C27H26N2O3. The number of aromatic nitrogens is 1. The summed E-state index contributed by atoms with van der Waals surface area (Å²) >= 11 is 0. The lowest BCUT2D eigenvalue weighted by atomic mass is 10.0. The Labute approximate surface area is 187 Å². The predicted octanol–water partition coefficient (Wildman–Crippen LogP) is 5.45. The minimum absolute atomic E-state index is 0.129. The van der Waals surface area contributed by atoms with Gasteiger partial charge in [0.25, 0.3) is 5.91 Å². The van der Waals surface area contributed by atoms with E-state index in [-0.39, 0.29) is 11.5 Å². The Morgan fingerprint density at radius 2 is 1.91 bits per heavy atom. The van der Waals surface area contributed by atoms with Crippen LogP contribution in [0.3, 0.4) is 0 Å². The molecule has 3 aromatic rings. The standard InChI is InChI=1S/C27H26N2O3/c1-3-6-19(7-4-2)18-29-17-14-20-8-5-9-23(24(20)29)25(30)28-27(15-16-27)22-12-10-21(11-13-22)26(31)32/h3-14,17H,1,15-16,18H2,2H3,(H,28,30)(H,31,32)/b7-4-,19-6+. The van der Waals surface area contributed by atoms with Gasteiger partial charge in [-0.05, 0) is 55.2 Å². The fraction of sp³-hybridized carbons (Fsp3) is 0.185. The number of carbonyl (C=O) groups is 2. The lowest BCUT2D eigenvalue weighted by Gasteiger charge is -2.19. The van der Waals surface area contributed by atoms with E-state index in [0.29, 0.717) is 12.1 Å². The number of nitrogens with one attached hydrogen (secondary N) is 1. The maximum absolute atomic E-state index is 13.4. The molecule has 5 nitrogen and oxygen atoms in total. The number of allylic oxidation sites excluding steroid dienone is 5. The first-order valence-electron chi connectivity index (χ1n) is 10.7. The van der Waals surface area contributed by atoms with Gasteiger partial charge in [0.05, 0.1) is 22.2 Å². The van der Waals surface area contributed by atoms with Gasteiger partial charge >= 0.3 is 5.97 Å². The highest BCUT2D eigenvalue weighted by molar-refractivity contribution is 6.06. The summed E-state index contributed by atoms with van der Waals surface area (Å²) in [4.78, 5) is 24.5. The molecule has 1 heterocycles. The number of hydrogen-bond donors (Lipinski definition) is 2. The minimum atomic E-state index is -0.958. The van der Waals surface area contributed by atoms with Crippen molar-refractivity contribution in [3.63, 3.8) is 0 Å². The molecule has 0 radical (unpaired) electrons. The van der Waals surface area contributed by atoms with Crippen molar-refractivity contribution in [2.45, 2.75) is 31.8 Å². The fourth-order valence-corrected chi connectivity index (χ4v) is 4.13. The maximum Gasteiger partial charge on any atom is 0.335 e. The third kappa shape index (κ3) is 4.14. The number of carboxylic acids is 1. The van der Waals surface area contributed by atoms with Crippen LogP contribution in [0.1, 0.15) is 46.0 Å². The van der Waals surface area contributed by atoms with Gasteiger partial charge in [-0.3, -0.25) is 4.79 Å². The van der Waals surface area contributed by atoms with E-state index in [1.165, 1.54) is 0 Å². The lowest BCUT2D eigenvalue weighted by Crippen LogP contribution is -2.35. The molecule has 1 aliphatic carbocycles. The molecule has 4 rings (SSSR count). The Morgan fingerprint density at radius 1 is 1.16 bits per heavy atom. The van der Waals surface area contributed by atoms with Crippen molar-refractivity contribution in [1.29, 1.82) is 0 Å². The van der Waals surface area contributed by atoms with Crippen LogP contribution in [-0.4, -0.2) is 21.6 Å². The first-order chi connectivity index (χ1) is 15.5. The zero-order chi connectivity index (χ0) is 22.7. The molecule has 0 unspecified atom stereocenters. The normalized spacial score (nSPS) is 15.1. The van der Waals surface area contributed by atoms with Crippen molar-refractivity contribution in [1.82, 2.24) is 9.88 Å². The summed E-state index contributed by atoms with van der Waals surface area (Å²) in [5.74, 6) is -1.09. The minimum Gasteiger partial charge on any atom is -0.478 e. The number of rotatable bonds is 8. The monoisotopic (exact) mass is 426 g/mol. The highest BCUT2D eigenvalue weighted by Gasteiger charge is 2.46. The number of benzene rings is 2. The molecule has 1 saturated carbocycles. The van der Waals surface area contributed by atoms with Gasteiger partial charge in [-0.1, -0.05) is 55.1 Å². The van der Waals surface area contributed by atoms with Crippen LogP contribution in [0.5, 0.6) is 0 Å². The van der Waals surface area contributed by atoms with E-state index < -0.39 is 11.5 Å². The molecule has 0 saturated heterocycles. The summed E-state index contributed by atoms with van der Waals surface area (Å²) in [6.07, 6.45) is 11.4. The van der Waals surface area contributed by atoms with Gasteiger partial charge in [-0.15, -0.1) is 0 Å². The third-order valence-corrected chi connectivity index (χ3v) is 5.89. The van der Waals surface area contributed by atoms with Gasteiger partial charge in [0.1, 0.15) is 0 Å².